The largest absolute Gasteiger partial charge is 0.493 e. The molecule has 0 saturated carbocycles. The molecule has 0 unspecified atom stereocenters. The summed E-state index contributed by atoms with van der Waals surface area (Å²) < 4.78 is 78.2. The zero-order chi connectivity index (χ0) is 26.5. The Morgan fingerprint density at radius 3 is 2.44 bits per heavy atom. The van der Waals surface area contributed by atoms with Gasteiger partial charge in [0.25, 0.3) is 0 Å². The van der Waals surface area contributed by atoms with Crippen LogP contribution in [-0.2, 0) is 20.5 Å². The molecular formula is C24H21F5N2O4S. The van der Waals surface area contributed by atoms with E-state index in [-0.39, 0.29) is 28.7 Å². The molecule has 0 spiro atoms. The van der Waals surface area contributed by atoms with Gasteiger partial charge in [-0.2, -0.15) is 13.2 Å². The number of methoxy groups -OCH3 is 1. The average molecular weight is 528 g/mol. The highest BCUT2D eigenvalue weighted by molar-refractivity contribution is 7.14. The van der Waals surface area contributed by atoms with Gasteiger partial charge in [0.15, 0.2) is 16.8 Å². The van der Waals surface area contributed by atoms with Crippen molar-refractivity contribution in [1.29, 1.82) is 0 Å². The number of nitrogens with zero attached hydrogens (tertiary/aromatic N) is 2. The third kappa shape index (κ3) is 6.17. The molecule has 0 radical (unpaired) electrons. The highest BCUT2D eigenvalue weighted by Gasteiger charge is 2.37. The van der Waals surface area contributed by atoms with Crippen LogP contribution in [0.3, 0.4) is 0 Å². The van der Waals surface area contributed by atoms with Gasteiger partial charge in [-0.25, -0.2) is 23.5 Å². The predicted molar refractivity (Wildman–Crippen MR) is 123 cm³/mol. The van der Waals surface area contributed by atoms with Crippen molar-refractivity contribution in [1.82, 2.24) is 4.98 Å². The van der Waals surface area contributed by atoms with Crippen LogP contribution >= 0.6 is 11.3 Å². The standard InChI is InChI=1S/C24H21F5N2O4S/c1-3-4-5-10-35-20-9-7-15(12-16(20)24(27,28)29)31(21(32)22(33)34-2)23-30-19(13-36-23)14-6-8-17(25)18(26)11-14/h6-9,11-13H,3-5,10H2,1-2H3. The van der Waals surface area contributed by atoms with Gasteiger partial charge in [-0.1, -0.05) is 19.8 Å². The number of alkyl halides is 3. The van der Waals surface area contributed by atoms with Crippen molar-refractivity contribution in [2.24, 2.45) is 0 Å². The molecule has 0 bridgehead atoms. The van der Waals surface area contributed by atoms with E-state index in [9.17, 15) is 31.5 Å². The number of halogens is 5. The van der Waals surface area contributed by atoms with E-state index in [1.165, 1.54) is 17.5 Å². The summed E-state index contributed by atoms with van der Waals surface area (Å²) in [5.41, 5.74) is -1.18. The lowest BCUT2D eigenvalue weighted by molar-refractivity contribution is -0.151. The molecule has 1 aromatic heterocycles. The number of hydrogen-bond acceptors (Lipinski definition) is 6. The zero-order valence-corrected chi connectivity index (χ0v) is 20.0. The van der Waals surface area contributed by atoms with Gasteiger partial charge in [0.1, 0.15) is 5.75 Å². The van der Waals surface area contributed by atoms with E-state index < -0.39 is 41.0 Å². The van der Waals surface area contributed by atoms with Crippen molar-refractivity contribution in [2.75, 3.05) is 18.6 Å². The fraction of sp³-hybridized carbons (Fsp3) is 0.292. The lowest BCUT2D eigenvalue weighted by Gasteiger charge is -2.21. The molecule has 192 valence electrons. The number of amides is 1. The SMILES string of the molecule is CCCCCOc1ccc(N(C(=O)C(=O)OC)c2nc(-c3ccc(F)c(F)c3)cs2)cc1C(F)(F)F. The van der Waals surface area contributed by atoms with E-state index in [1.54, 1.807) is 0 Å². The first-order chi connectivity index (χ1) is 17.1. The zero-order valence-electron chi connectivity index (χ0n) is 19.2. The van der Waals surface area contributed by atoms with Crippen molar-refractivity contribution in [3.63, 3.8) is 0 Å². The molecule has 2 aromatic carbocycles. The molecule has 1 amide bonds. The van der Waals surface area contributed by atoms with Crippen LogP contribution < -0.4 is 9.64 Å². The quantitative estimate of drug-likeness (QED) is 0.144. The fourth-order valence-electron chi connectivity index (χ4n) is 3.19. The monoisotopic (exact) mass is 528 g/mol. The van der Waals surface area contributed by atoms with Crippen LogP contribution in [0.2, 0.25) is 0 Å². The molecule has 0 N–H and O–H groups in total. The van der Waals surface area contributed by atoms with Crippen molar-refractivity contribution < 1.29 is 41.0 Å². The summed E-state index contributed by atoms with van der Waals surface area (Å²) in [5.74, 6) is -5.27. The van der Waals surface area contributed by atoms with Crippen LogP contribution in [0.5, 0.6) is 5.75 Å². The summed E-state index contributed by atoms with van der Waals surface area (Å²) in [6.45, 7) is 2.02. The minimum atomic E-state index is -4.82. The van der Waals surface area contributed by atoms with Crippen molar-refractivity contribution in [3.8, 4) is 17.0 Å². The maximum Gasteiger partial charge on any atom is 0.420 e. The number of esters is 1. The van der Waals surface area contributed by atoms with Crippen LogP contribution in [0.15, 0.2) is 41.8 Å². The molecule has 0 aliphatic carbocycles. The molecule has 3 aromatic rings. The molecule has 0 atom stereocenters. The van der Waals surface area contributed by atoms with Gasteiger partial charge in [-0.15, -0.1) is 11.3 Å². The molecular weight excluding hydrogens is 507 g/mol. The second-order valence-corrected chi connectivity index (χ2v) is 8.35. The van der Waals surface area contributed by atoms with Crippen LogP contribution in [0, 0.1) is 11.6 Å². The topological polar surface area (TPSA) is 68.7 Å². The summed E-state index contributed by atoms with van der Waals surface area (Å²) in [6.07, 6.45) is -2.62. The highest BCUT2D eigenvalue weighted by atomic mass is 32.1. The van der Waals surface area contributed by atoms with E-state index in [0.29, 0.717) is 17.4 Å². The first kappa shape index (κ1) is 27.1. The molecule has 12 heteroatoms. The number of unbranched alkanes of at least 4 members (excludes halogenated alkanes) is 2. The van der Waals surface area contributed by atoms with Crippen molar-refractivity contribution >= 4 is 34.0 Å². The number of hydrogen-bond donors (Lipinski definition) is 0. The number of aromatic nitrogens is 1. The Morgan fingerprint density at radius 1 is 1.06 bits per heavy atom. The van der Waals surface area contributed by atoms with Crippen LogP contribution in [0.4, 0.5) is 32.8 Å². The van der Waals surface area contributed by atoms with E-state index >= 15 is 0 Å². The fourth-order valence-corrected chi connectivity index (χ4v) is 4.04. The highest BCUT2D eigenvalue weighted by Crippen LogP contribution is 2.41. The Labute approximate surface area is 207 Å². The van der Waals surface area contributed by atoms with E-state index in [4.69, 9.17) is 4.74 Å². The van der Waals surface area contributed by atoms with E-state index in [0.717, 1.165) is 49.5 Å². The summed E-state index contributed by atoms with van der Waals surface area (Å²) in [7, 11) is 0.946. The molecule has 0 aliphatic rings. The summed E-state index contributed by atoms with van der Waals surface area (Å²) in [4.78, 5) is 29.7. The molecule has 3 rings (SSSR count). The summed E-state index contributed by atoms with van der Waals surface area (Å²) in [6, 6.07) is 5.93. The third-order valence-corrected chi connectivity index (χ3v) is 5.82. The van der Waals surface area contributed by atoms with E-state index in [2.05, 4.69) is 9.72 Å². The molecule has 0 saturated heterocycles. The van der Waals surface area contributed by atoms with Gasteiger partial charge in [-0.3, -0.25) is 4.79 Å². The molecule has 6 nitrogen and oxygen atoms in total. The van der Waals surface area contributed by atoms with Crippen LogP contribution in [-0.4, -0.2) is 30.6 Å². The number of thiazole rings is 1. The first-order valence-corrected chi connectivity index (χ1v) is 11.6. The summed E-state index contributed by atoms with van der Waals surface area (Å²) in [5, 5.41) is 1.20. The second-order valence-electron chi connectivity index (χ2n) is 7.51. The van der Waals surface area contributed by atoms with Gasteiger partial charge in [0.05, 0.1) is 30.7 Å². The van der Waals surface area contributed by atoms with Gasteiger partial charge < -0.3 is 9.47 Å². The van der Waals surface area contributed by atoms with Gasteiger partial charge >= 0.3 is 18.1 Å². The minimum absolute atomic E-state index is 0.0745. The number of benzene rings is 2. The number of rotatable bonds is 8. The van der Waals surface area contributed by atoms with E-state index in [1.807, 2.05) is 6.92 Å². The Morgan fingerprint density at radius 2 is 1.81 bits per heavy atom. The Bertz CT molecular complexity index is 1250. The minimum Gasteiger partial charge on any atom is -0.493 e. The third-order valence-electron chi connectivity index (χ3n) is 4.99. The molecule has 0 aliphatic heterocycles. The predicted octanol–water partition coefficient (Wildman–Crippen LogP) is 6.51. The second kappa shape index (κ2) is 11.5. The van der Waals surface area contributed by atoms with Crippen molar-refractivity contribution in [3.05, 3.63) is 59.0 Å². The van der Waals surface area contributed by atoms with Crippen molar-refractivity contribution in [2.45, 2.75) is 32.4 Å². The van der Waals surface area contributed by atoms with Gasteiger partial charge in [0.2, 0.25) is 0 Å². The lowest BCUT2D eigenvalue weighted by Crippen LogP contribution is -2.33. The Kier molecular flexibility index (Phi) is 8.62. The number of anilines is 2. The lowest BCUT2D eigenvalue weighted by atomic mass is 10.1. The number of ether oxygens (including phenoxy) is 2. The normalized spacial score (nSPS) is 11.3. The van der Waals surface area contributed by atoms with Gasteiger partial charge in [0, 0.05) is 10.9 Å². The Balaban J connectivity index is 2.05. The first-order valence-electron chi connectivity index (χ1n) is 10.7. The maximum absolute atomic E-state index is 13.8. The van der Waals surface area contributed by atoms with Crippen LogP contribution in [0.1, 0.15) is 31.7 Å². The number of carbonyl (C=O) groups excluding carboxylic acids is 2. The molecule has 36 heavy (non-hydrogen) atoms. The maximum atomic E-state index is 13.8. The average Bonchev–Trinajstić information content (AvgIpc) is 3.32. The smallest absolute Gasteiger partial charge is 0.420 e. The molecule has 0 fully saturated rings. The number of carbonyl (C=O) groups is 2. The summed E-state index contributed by atoms with van der Waals surface area (Å²) >= 11 is 0.808. The van der Waals surface area contributed by atoms with Crippen LogP contribution in [0.25, 0.3) is 11.3 Å². The van der Waals surface area contributed by atoms with Gasteiger partial charge in [-0.05, 0) is 42.8 Å². The molecule has 1 heterocycles. The Hall–Kier alpha value is -3.54.